The van der Waals surface area contributed by atoms with Crippen molar-refractivity contribution in [2.45, 2.75) is 6.54 Å². The van der Waals surface area contributed by atoms with Gasteiger partial charge in [-0.2, -0.15) is 10.2 Å². The van der Waals surface area contributed by atoms with Gasteiger partial charge in [0, 0.05) is 19.7 Å². The van der Waals surface area contributed by atoms with Crippen LogP contribution in [0, 0.1) is 23.0 Å². The summed E-state index contributed by atoms with van der Waals surface area (Å²) in [5, 5.41) is 13.7. The van der Waals surface area contributed by atoms with E-state index in [0.29, 0.717) is 17.1 Å². The third-order valence-corrected chi connectivity index (χ3v) is 5.60. The number of ether oxygens (including phenoxy) is 1. The van der Waals surface area contributed by atoms with Crippen molar-refractivity contribution in [1.82, 2.24) is 24.1 Å². The molecule has 12 heteroatoms. The lowest BCUT2D eigenvalue weighted by atomic mass is 10.1. The van der Waals surface area contributed by atoms with Gasteiger partial charge < -0.3 is 13.8 Å². The van der Waals surface area contributed by atoms with Crippen LogP contribution in [-0.2, 0) is 11.3 Å². The van der Waals surface area contributed by atoms with E-state index in [4.69, 9.17) is 20.9 Å². The quantitative estimate of drug-likeness (QED) is 0.374. The van der Waals surface area contributed by atoms with Gasteiger partial charge in [-0.1, -0.05) is 16.8 Å². The summed E-state index contributed by atoms with van der Waals surface area (Å²) in [7, 11) is 1.49. The molecule has 0 saturated heterocycles. The maximum Gasteiger partial charge on any atom is 0.277 e. The van der Waals surface area contributed by atoms with Crippen molar-refractivity contribution in [3.63, 3.8) is 0 Å². The van der Waals surface area contributed by atoms with Crippen LogP contribution in [0.4, 0.5) is 8.78 Å². The van der Waals surface area contributed by atoms with E-state index in [9.17, 15) is 18.8 Å². The summed E-state index contributed by atoms with van der Waals surface area (Å²) in [6, 6.07) is 8.19. The highest BCUT2D eigenvalue weighted by atomic mass is 35.5. The molecule has 170 valence electrons. The second-order valence-corrected chi connectivity index (χ2v) is 7.62. The van der Waals surface area contributed by atoms with Gasteiger partial charge in [0.2, 0.25) is 5.82 Å². The molecule has 0 fully saturated rings. The Hall–Kier alpha value is -4.14. The van der Waals surface area contributed by atoms with Crippen LogP contribution in [-0.4, -0.2) is 37.8 Å². The first-order valence-electron chi connectivity index (χ1n) is 9.85. The normalized spacial score (nSPS) is 11.4. The minimum atomic E-state index is -0.876. The molecule has 0 atom stereocenters. The Kier molecular flexibility index (Phi) is 5.31. The molecule has 0 aliphatic carbocycles. The molecule has 0 spiro atoms. The van der Waals surface area contributed by atoms with Gasteiger partial charge in [0.25, 0.3) is 11.4 Å². The van der Waals surface area contributed by atoms with Crippen molar-refractivity contribution in [3.8, 4) is 29.0 Å². The van der Waals surface area contributed by atoms with Gasteiger partial charge in [-0.05, 0) is 24.3 Å². The van der Waals surface area contributed by atoms with Crippen LogP contribution in [0.25, 0.3) is 39.5 Å². The van der Waals surface area contributed by atoms with E-state index in [0.717, 1.165) is 6.07 Å². The van der Waals surface area contributed by atoms with Crippen molar-refractivity contribution >= 4 is 28.2 Å². The molecule has 0 amide bonds. The predicted octanol–water partition coefficient (Wildman–Crippen LogP) is 3.82. The number of fused-ring (bicyclic) bond motifs is 3. The molecule has 0 bridgehead atoms. The molecule has 0 N–H and O–H groups in total. The van der Waals surface area contributed by atoms with Crippen molar-refractivity contribution in [2.24, 2.45) is 0 Å². The molecule has 9 nitrogen and oxygen atoms in total. The summed E-state index contributed by atoms with van der Waals surface area (Å²) in [4.78, 5) is 22.0. The molecule has 3 heterocycles. The van der Waals surface area contributed by atoms with E-state index in [1.807, 2.05) is 6.07 Å². The maximum atomic E-state index is 14.2. The molecule has 34 heavy (non-hydrogen) atoms. The summed E-state index contributed by atoms with van der Waals surface area (Å²) in [5.74, 6) is -1.89. The van der Waals surface area contributed by atoms with Gasteiger partial charge in [0.1, 0.15) is 35.2 Å². The van der Waals surface area contributed by atoms with Crippen molar-refractivity contribution in [3.05, 3.63) is 69.2 Å². The zero-order chi connectivity index (χ0) is 24.0. The van der Waals surface area contributed by atoms with Crippen LogP contribution in [0.5, 0.6) is 0 Å². The molecule has 0 saturated carbocycles. The molecule has 0 aliphatic rings. The molecular weight excluding hydrogens is 470 g/mol. The number of rotatable bonds is 5. The minimum Gasteiger partial charge on any atom is -0.383 e. The van der Waals surface area contributed by atoms with Crippen molar-refractivity contribution < 1.29 is 18.0 Å². The molecule has 0 aliphatic heterocycles. The molecule has 5 aromatic rings. The Labute approximate surface area is 194 Å². The fourth-order valence-electron chi connectivity index (χ4n) is 3.75. The third-order valence-electron chi connectivity index (χ3n) is 5.28. The Bertz CT molecular complexity index is 1680. The topological polar surface area (TPSA) is 111 Å². The number of nitriles is 1. The van der Waals surface area contributed by atoms with Gasteiger partial charge in [-0.3, -0.25) is 9.20 Å². The lowest BCUT2D eigenvalue weighted by molar-refractivity contribution is 0.187. The number of halogens is 3. The zero-order valence-electron chi connectivity index (χ0n) is 17.4. The van der Waals surface area contributed by atoms with E-state index in [-0.39, 0.29) is 52.2 Å². The van der Waals surface area contributed by atoms with E-state index in [1.165, 1.54) is 28.5 Å². The number of aromatic nitrogens is 5. The number of hydrogen-bond acceptors (Lipinski definition) is 7. The number of imidazole rings is 1. The van der Waals surface area contributed by atoms with E-state index >= 15 is 0 Å². The third kappa shape index (κ3) is 3.32. The van der Waals surface area contributed by atoms with E-state index < -0.39 is 17.2 Å². The number of methoxy groups -OCH3 is 1. The van der Waals surface area contributed by atoms with Gasteiger partial charge in [0.15, 0.2) is 0 Å². The SMILES string of the molecule is COCCn1c(=O)c2c(-c3noc(-c4ccc(F)cc4F)n3)ncn2c2ccc(Cl)c(C#N)c21. The Morgan fingerprint density at radius 2 is 2.06 bits per heavy atom. The van der Waals surface area contributed by atoms with Crippen molar-refractivity contribution in [1.29, 1.82) is 5.26 Å². The first-order valence-corrected chi connectivity index (χ1v) is 10.2. The highest BCUT2D eigenvalue weighted by Gasteiger charge is 2.23. The number of nitrogens with zero attached hydrogens (tertiary/aromatic N) is 6. The van der Waals surface area contributed by atoms with Crippen LogP contribution in [0.15, 0.2) is 46.0 Å². The molecule has 0 radical (unpaired) electrons. The van der Waals surface area contributed by atoms with Crippen molar-refractivity contribution in [2.75, 3.05) is 13.7 Å². The lowest BCUT2D eigenvalue weighted by Gasteiger charge is -2.14. The first-order chi connectivity index (χ1) is 16.4. The van der Waals surface area contributed by atoms with Crippen LogP contribution in [0.2, 0.25) is 5.02 Å². The molecular formula is C22H13ClF2N6O3. The summed E-state index contributed by atoms with van der Waals surface area (Å²) in [6.45, 7) is 0.336. The summed E-state index contributed by atoms with van der Waals surface area (Å²) < 4.78 is 40.6. The fraction of sp³-hybridized carbons (Fsp3) is 0.136. The minimum absolute atomic E-state index is 0.0644. The molecule has 2 aromatic carbocycles. The maximum absolute atomic E-state index is 14.2. The predicted molar refractivity (Wildman–Crippen MR) is 117 cm³/mol. The van der Waals surface area contributed by atoms with Gasteiger partial charge in [0.05, 0.1) is 33.8 Å². The highest BCUT2D eigenvalue weighted by molar-refractivity contribution is 6.32. The van der Waals surface area contributed by atoms with Crippen LogP contribution < -0.4 is 5.56 Å². The van der Waals surface area contributed by atoms with Gasteiger partial charge in [-0.15, -0.1) is 0 Å². The molecule has 0 unspecified atom stereocenters. The van der Waals surface area contributed by atoms with Crippen LogP contribution in [0.1, 0.15) is 5.56 Å². The summed E-state index contributed by atoms with van der Waals surface area (Å²) in [5.41, 5.74) is 0.577. The Morgan fingerprint density at radius 1 is 1.24 bits per heavy atom. The second-order valence-electron chi connectivity index (χ2n) is 7.21. The van der Waals surface area contributed by atoms with Crippen LogP contribution >= 0.6 is 11.6 Å². The highest BCUT2D eigenvalue weighted by Crippen LogP contribution is 2.29. The molecule has 3 aromatic heterocycles. The number of benzene rings is 2. The average Bonchev–Trinajstić information content (AvgIpc) is 3.46. The summed E-state index contributed by atoms with van der Waals surface area (Å²) >= 11 is 6.22. The zero-order valence-corrected chi connectivity index (χ0v) is 18.2. The first kappa shape index (κ1) is 21.7. The number of hydrogen-bond donors (Lipinski definition) is 0. The van der Waals surface area contributed by atoms with E-state index in [1.54, 1.807) is 12.1 Å². The lowest BCUT2D eigenvalue weighted by Crippen LogP contribution is -2.25. The Morgan fingerprint density at radius 3 is 2.79 bits per heavy atom. The van der Waals surface area contributed by atoms with E-state index in [2.05, 4.69) is 15.1 Å². The molecule has 5 rings (SSSR count). The van der Waals surface area contributed by atoms with Gasteiger partial charge >= 0.3 is 0 Å². The second kappa shape index (κ2) is 8.33. The smallest absolute Gasteiger partial charge is 0.277 e. The standard InChI is InChI=1S/C22H13ClF2N6O3/c1-33-7-6-30-18-13(9-26)14(23)4-5-16(18)31-10-27-17(19(31)22(30)32)20-28-21(34-29-20)12-3-2-11(24)8-15(12)25/h2-5,8,10H,6-7H2,1H3. The Balaban J connectivity index is 1.77. The monoisotopic (exact) mass is 482 g/mol. The largest absolute Gasteiger partial charge is 0.383 e. The summed E-state index contributed by atoms with van der Waals surface area (Å²) in [6.07, 6.45) is 1.39. The van der Waals surface area contributed by atoms with Gasteiger partial charge in [-0.25, -0.2) is 13.8 Å². The fourth-order valence-corrected chi connectivity index (χ4v) is 3.94. The average molecular weight is 483 g/mol. The van der Waals surface area contributed by atoms with Crippen LogP contribution in [0.3, 0.4) is 0 Å².